The van der Waals surface area contributed by atoms with Crippen molar-refractivity contribution < 1.29 is 22.4 Å². The lowest BCUT2D eigenvalue weighted by Crippen LogP contribution is -2.44. The van der Waals surface area contributed by atoms with Gasteiger partial charge in [-0.15, -0.1) is 0 Å². The summed E-state index contributed by atoms with van der Waals surface area (Å²) in [5.74, 6) is -0.397. The number of furan rings is 1. The molecule has 0 radical (unpaired) electrons. The van der Waals surface area contributed by atoms with Crippen LogP contribution < -0.4 is 10.6 Å². The van der Waals surface area contributed by atoms with Crippen molar-refractivity contribution in [2.45, 2.75) is 24.4 Å². The molecule has 0 spiro atoms. The highest BCUT2D eigenvalue weighted by molar-refractivity contribution is 7.90. The van der Waals surface area contributed by atoms with Crippen molar-refractivity contribution >= 4 is 33.3 Å². The van der Waals surface area contributed by atoms with Gasteiger partial charge in [-0.25, -0.2) is 8.42 Å². The van der Waals surface area contributed by atoms with E-state index < -0.39 is 27.7 Å². The molecule has 7 nitrogen and oxygen atoms in total. The number of benzene rings is 1. The lowest BCUT2D eigenvalue weighted by Gasteiger charge is -2.14. The zero-order valence-corrected chi connectivity index (χ0v) is 15.1. The van der Waals surface area contributed by atoms with E-state index in [1.54, 1.807) is 12.1 Å². The predicted octanol–water partition coefficient (Wildman–Crippen LogP) is 1.77. The molecule has 1 heterocycles. The molecule has 0 aliphatic carbocycles. The van der Waals surface area contributed by atoms with Crippen molar-refractivity contribution in [3.05, 3.63) is 52.9 Å². The van der Waals surface area contributed by atoms with Gasteiger partial charge in [0, 0.05) is 11.8 Å². The summed E-state index contributed by atoms with van der Waals surface area (Å²) in [7, 11) is -3.57. The van der Waals surface area contributed by atoms with Crippen LogP contribution in [0.15, 0.2) is 45.9 Å². The van der Waals surface area contributed by atoms with Gasteiger partial charge in [0.15, 0.2) is 9.84 Å². The highest BCUT2D eigenvalue weighted by atomic mass is 35.5. The van der Waals surface area contributed by atoms with E-state index in [2.05, 4.69) is 10.6 Å². The van der Waals surface area contributed by atoms with Gasteiger partial charge in [-0.1, -0.05) is 11.6 Å². The van der Waals surface area contributed by atoms with Gasteiger partial charge in [0.25, 0.3) is 5.91 Å². The lowest BCUT2D eigenvalue weighted by atomic mass is 10.2. The van der Waals surface area contributed by atoms with Gasteiger partial charge in [-0.05, 0) is 37.3 Å². The Morgan fingerprint density at radius 1 is 1.28 bits per heavy atom. The Bertz CT molecular complexity index is 878. The molecule has 25 heavy (non-hydrogen) atoms. The first-order chi connectivity index (χ1) is 11.7. The molecule has 0 bridgehead atoms. The van der Waals surface area contributed by atoms with Crippen LogP contribution in [0.4, 0.5) is 0 Å². The highest BCUT2D eigenvalue weighted by Gasteiger charge is 2.19. The number of amides is 2. The monoisotopic (exact) mass is 384 g/mol. The molecule has 1 atom stereocenters. The summed E-state index contributed by atoms with van der Waals surface area (Å²) < 4.78 is 28.4. The molecule has 2 N–H and O–H groups in total. The van der Waals surface area contributed by atoms with Gasteiger partial charge in [-0.2, -0.15) is 0 Å². The summed E-state index contributed by atoms with van der Waals surface area (Å²) in [6.45, 7) is 1.72. The minimum absolute atomic E-state index is 0.0308. The lowest BCUT2D eigenvalue weighted by molar-refractivity contribution is -0.122. The van der Waals surface area contributed by atoms with Crippen molar-refractivity contribution in [3.8, 4) is 0 Å². The second-order valence-electron chi connectivity index (χ2n) is 5.41. The fourth-order valence-corrected chi connectivity index (χ4v) is 3.32. The van der Waals surface area contributed by atoms with Crippen molar-refractivity contribution in [2.24, 2.45) is 0 Å². The molecule has 0 saturated carbocycles. The topological polar surface area (TPSA) is 105 Å². The van der Waals surface area contributed by atoms with Crippen LogP contribution >= 0.6 is 11.6 Å². The quantitative estimate of drug-likeness (QED) is 0.789. The molecule has 0 fully saturated rings. The zero-order chi connectivity index (χ0) is 18.6. The molecule has 1 aromatic carbocycles. The predicted molar refractivity (Wildman–Crippen MR) is 92.0 cm³/mol. The maximum absolute atomic E-state index is 12.2. The summed E-state index contributed by atoms with van der Waals surface area (Å²) in [5.41, 5.74) is 0.0931. The molecule has 2 aromatic rings. The average molecular weight is 385 g/mol. The van der Waals surface area contributed by atoms with Crippen molar-refractivity contribution in [1.29, 1.82) is 0 Å². The Kier molecular flexibility index (Phi) is 5.86. The summed E-state index contributed by atoms with van der Waals surface area (Å²) in [6.07, 6.45) is 2.49. The molecule has 1 aromatic heterocycles. The summed E-state index contributed by atoms with van der Waals surface area (Å²) in [5, 5.41) is 5.16. The Labute approximate surface area is 150 Å². The molecule has 1 unspecified atom stereocenters. The van der Waals surface area contributed by atoms with Gasteiger partial charge in [0.1, 0.15) is 11.8 Å². The molecule has 0 saturated heterocycles. The largest absolute Gasteiger partial charge is 0.467 e. The van der Waals surface area contributed by atoms with Gasteiger partial charge in [0.2, 0.25) is 5.91 Å². The average Bonchev–Trinajstić information content (AvgIpc) is 3.05. The molecule has 2 amide bonds. The number of rotatable bonds is 6. The minimum Gasteiger partial charge on any atom is -0.467 e. The van der Waals surface area contributed by atoms with Gasteiger partial charge in [-0.3, -0.25) is 9.59 Å². The number of halogens is 1. The first kappa shape index (κ1) is 19.0. The van der Waals surface area contributed by atoms with Crippen LogP contribution in [0.3, 0.4) is 0 Å². The third kappa shape index (κ3) is 5.07. The van der Waals surface area contributed by atoms with E-state index in [-0.39, 0.29) is 22.0 Å². The number of carbonyl (C=O) groups excluding carboxylic acids is 2. The molecule has 134 valence electrons. The van der Waals surface area contributed by atoms with E-state index in [1.165, 1.54) is 31.4 Å². The van der Waals surface area contributed by atoms with Crippen LogP contribution in [-0.2, 0) is 21.2 Å². The smallest absolute Gasteiger partial charge is 0.251 e. The van der Waals surface area contributed by atoms with E-state index in [4.69, 9.17) is 16.0 Å². The number of carbonyl (C=O) groups is 2. The Balaban J connectivity index is 2.02. The van der Waals surface area contributed by atoms with Crippen LogP contribution in [0.2, 0.25) is 5.02 Å². The van der Waals surface area contributed by atoms with Crippen LogP contribution in [0, 0.1) is 0 Å². The highest BCUT2D eigenvalue weighted by Crippen LogP contribution is 2.22. The first-order valence-electron chi connectivity index (χ1n) is 7.29. The van der Waals surface area contributed by atoms with Crippen molar-refractivity contribution in [1.82, 2.24) is 10.6 Å². The third-order valence-corrected chi connectivity index (χ3v) is 4.93. The Hall–Kier alpha value is -2.32. The Morgan fingerprint density at radius 3 is 2.60 bits per heavy atom. The van der Waals surface area contributed by atoms with Crippen molar-refractivity contribution in [3.63, 3.8) is 0 Å². The van der Waals surface area contributed by atoms with Crippen LogP contribution in [-0.4, -0.2) is 32.5 Å². The SMILES string of the molecule is CC(NC(=O)c1ccc(Cl)c(S(C)(=O)=O)c1)C(=O)NCc1ccco1. The summed E-state index contributed by atoms with van der Waals surface area (Å²) in [4.78, 5) is 24.1. The van der Waals surface area contributed by atoms with Crippen LogP contribution in [0.1, 0.15) is 23.0 Å². The van der Waals surface area contributed by atoms with Crippen molar-refractivity contribution in [2.75, 3.05) is 6.26 Å². The summed E-state index contributed by atoms with van der Waals surface area (Å²) in [6, 6.07) is 6.49. The zero-order valence-electron chi connectivity index (χ0n) is 13.6. The number of hydrogen-bond donors (Lipinski definition) is 2. The molecule has 9 heteroatoms. The maximum Gasteiger partial charge on any atom is 0.251 e. The first-order valence-corrected chi connectivity index (χ1v) is 9.56. The Morgan fingerprint density at radius 2 is 2.00 bits per heavy atom. The standard InChI is InChI=1S/C16H17ClN2O5S/c1-10(15(20)18-9-12-4-3-7-24-12)19-16(21)11-5-6-13(17)14(8-11)25(2,22)23/h3-8,10H,9H2,1-2H3,(H,18,20)(H,19,21). The maximum atomic E-state index is 12.2. The van der Waals surface area contributed by atoms with Gasteiger partial charge >= 0.3 is 0 Å². The fraction of sp³-hybridized carbons (Fsp3) is 0.250. The van der Waals surface area contributed by atoms with E-state index in [1.807, 2.05) is 0 Å². The van der Waals surface area contributed by atoms with Gasteiger partial charge < -0.3 is 15.1 Å². The molecule has 0 aliphatic heterocycles. The molecular weight excluding hydrogens is 368 g/mol. The van der Waals surface area contributed by atoms with Crippen LogP contribution in [0.25, 0.3) is 0 Å². The fourth-order valence-electron chi connectivity index (χ4n) is 2.01. The van der Waals surface area contributed by atoms with E-state index in [9.17, 15) is 18.0 Å². The minimum atomic E-state index is -3.57. The molecule has 0 aliphatic rings. The van der Waals surface area contributed by atoms with Gasteiger partial charge in [0.05, 0.1) is 22.7 Å². The second-order valence-corrected chi connectivity index (χ2v) is 7.80. The molecule has 2 rings (SSSR count). The van der Waals surface area contributed by atoms with E-state index >= 15 is 0 Å². The number of hydrogen-bond acceptors (Lipinski definition) is 5. The third-order valence-electron chi connectivity index (χ3n) is 3.35. The van der Waals surface area contributed by atoms with Crippen LogP contribution in [0.5, 0.6) is 0 Å². The molecular formula is C16H17ClN2O5S. The number of nitrogens with one attached hydrogen (secondary N) is 2. The van der Waals surface area contributed by atoms with E-state index in [0.717, 1.165) is 6.26 Å². The van der Waals surface area contributed by atoms with E-state index in [0.29, 0.717) is 5.76 Å². The second kappa shape index (κ2) is 7.71. The number of sulfone groups is 1. The summed E-state index contributed by atoms with van der Waals surface area (Å²) >= 11 is 5.85. The normalized spacial score (nSPS) is 12.4.